The second-order valence-corrected chi connectivity index (χ2v) is 9.09. The van der Waals surface area contributed by atoms with Crippen LogP contribution in [-0.4, -0.2) is 22.6 Å². The number of allylic oxidation sites excluding steroid dienone is 1. The predicted octanol–water partition coefficient (Wildman–Crippen LogP) is 7.03. The number of rotatable bonds is 5. The van der Waals surface area contributed by atoms with Gasteiger partial charge in [-0.15, -0.1) is 0 Å². The van der Waals surface area contributed by atoms with Gasteiger partial charge < -0.3 is 14.0 Å². The van der Waals surface area contributed by atoms with E-state index in [4.69, 9.17) is 14.5 Å². The van der Waals surface area contributed by atoms with E-state index in [9.17, 15) is 4.79 Å². The van der Waals surface area contributed by atoms with Crippen LogP contribution in [-0.2, 0) is 17.9 Å². The highest BCUT2D eigenvalue weighted by Crippen LogP contribution is 2.38. The molecule has 5 heteroatoms. The molecule has 1 aliphatic heterocycles. The summed E-state index contributed by atoms with van der Waals surface area (Å²) in [6, 6.07) is 34.3. The van der Waals surface area contributed by atoms with Gasteiger partial charge in [0.2, 0.25) is 0 Å². The third-order valence-electron chi connectivity index (χ3n) is 6.81. The minimum absolute atomic E-state index is 0.377. The van der Waals surface area contributed by atoms with Crippen LogP contribution in [0.2, 0.25) is 0 Å². The zero-order valence-electron chi connectivity index (χ0n) is 21.0. The van der Waals surface area contributed by atoms with Crippen molar-refractivity contribution in [2.75, 3.05) is 7.11 Å². The molecule has 0 N–H and O–H groups in total. The Labute approximate surface area is 221 Å². The molecular formula is C33H26N2O3. The summed E-state index contributed by atoms with van der Waals surface area (Å²) in [6.07, 6.45) is 4.09. The molecule has 1 aliphatic rings. The van der Waals surface area contributed by atoms with Crippen LogP contribution in [0.4, 0.5) is 0 Å². The lowest BCUT2D eigenvalue weighted by Gasteiger charge is -2.14. The van der Waals surface area contributed by atoms with Gasteiger partial charge >= 0.3 is 5.97 Å². The third kappa shape index (κ3) is 4.39. The van der Waals surface area contributed by atoms with E-state index >= 15 is 0 Å². The minimum Gasteiger partial charge on any atom is -0.488 e. The van der Waals surface area contributed by atoms with E-state index < -0.39 is 0 Å². The summed E-state index contributed by atoms with van der Waals surface area (Å²) >= 11 is 0. The van der Waals surface area contributed by atoms with Crippen LogP contribution in [0, 0.1) is 0 Å². The number of fused-ring (bicyclic) bond motifs is 2. The Morgan fingerprint density at radius 1 is 0.895 bits per heavy atom. The number of carbonyl (C=O) groups is 1. The van der Waals surface area contributed by atoms with Gasteiger partial charge in [-0.05, 0) is 34.9 Å². The lowest BCUT2D eigenvalue weighted by Crippen LogP contribution is -2.03. The smallest absolute Gasteiger partial charge is 0.337 e. The lowest BCUT2D eigenvalue weighted by molar-refractivity contribution is 0.0600. The molecule has 0 atom stereocenters. The Morgan fingerprint density at radius 2 is 1.61 bits per heavy atom. The molecule has 38 heavy (non-hydrogen) atoms. The summed E-state index contributed by atoms with van der Waals surface area (Å²) < 4.78 is 13.3. The van der Waals surface area contributed by atoms with Crippen molar-refractivity contribution >= 4 is 11.5 Å². The Bertz CT molecular complexity index is 1640. The molecule has 186 valence electrons. The van der Waals surface area contributed by atoms with Gasteiger partial charge in [-0.1, -0.05) is 91.0 Å². The van der Waals surface area contributed by atoms with E-state index in [1.54, 1.807) is 6.07 Å². The monoisotopic (exact) mass is 498 g/mol. The first-order chi connectivity index (χ1) is 18.7. The van der Waals surface area contributed by atoms with Crippen molar-refractivity contribution in [3.05, 3.63) is 138 Å². The molecule has 0 amide bonds. The van der Waals surface area contributed by atoms with Crippen LogP contribution in [0.15, 0.2) is 116 Å². The van der Waals surface area contributed by atoms with Gasteiger partial charge in [0.1, 0.15) is 12.4 Å². The van der Waals surface area contributed by atoms with Crippen LogP contribution in [0.3, 0.4) is 0 Å². The first-order valence-electron chi connectivity index (χ1n) is 12.5. The molecule has 4 aromatic carbocycles. The van der Waals surface area contributed by atoms with Crippen molar-refractivity contribution in [1.29, 1.82) is 0 Å². The standard InChI is InChI=1S/C33H26N2O3/c1-37-33(36)25-16-17-30-29(20-25)28(27-15-9-8-14-26(27)21-38-30)18-19-35-22-34-31(23-10-4-2-5-11-23)32(35)24-12-6-3-7-13-24/h2-18,20,22H,19,21H2,1H3/b28-18+. The fourth-order valence-corrected chi connectivity index (χ4v) is 4.96. The average Bonchev–Trinajstić information content (AvgIpc) is 3.34. The molecule has 0 radical (unpaired) electrons. The zero-order chi connectivity index (χ0) is 25.9. The first-order valence-corrected chi connectivity index (χ1v) is 12.5. The first kappa shape index (κ1) is 23.5. The van der Waals surface area contributed by atoms with Crippen LogP contribution < -0.4 is 4.74 Å². The molecular weight excluding hydrogens is 472 g/mol. The quantitative estimate of drug-likeness (QED) is 0.244. The molecule has 0 unspecified atom stereocenters. The number of esters is 1. The number of benzene rings is 4. The van der Waals surface area contributed by atoms with Crippen molar-refractivity contribution in [2.45, 2.75) is 13.2 Å². The van der Waals surface area contributed by atoms with E-state index in [0.717, 1.165) is 50.5 Å². The fraction of sp³-hybridized carbons (Fsp3) is 0.0909. The maximum atomic E-state index is 12.4. The molecule has 0 saturated heterocycles. The largest absolute Gasteiger partial charge is 0.488 e. The number of hydrogen-bond donors (Lipinski definition) is 0. The summed E-state index contributed by atoms with van der Waals surface area (Å²) in [6.45, 7) is 1.03. The molecule has 5 aromatic rings. The number of carbonyl (C=O) groups excluding carboxylic acids is 1. The highest BCUT2D eigenvalue weighted by atomic mass is 16.5. The normalized spacial score (nSPS) is 13.2. The van der Waals surface area contributed by atoms with Crippen LogP contribution in [0.1, 0.15) is 27.0 Å². The van der Waals surface area contributed by atoms with Crippen molar-refractivity contribution in [2.24, 2.45) is 0 Å². The number of methoxy groups -OCH3 is 1. The van der Waals surface area contributed by atoms with Gasteiger partial charge in [0.15, 0.2) is 0 Å². The molecule has 2 heterocycles. The topological polar surface area (TPSA) is 53.4 Å². The molecule has 0 saturated carbocycles. The predicted molar refractivity (Wildman–Crippen MR) is 149 cm³/mol. The van der Waals surface area contributed by atoms with E-state index in [-0.39, 0.29) is 5.97 Å². The summed E-state index contributed by atoms with van der Waals surface area (Å²) in [4.78, 5) is 17.2. The molecule has 0 fully saturated rings. The van der Waals surface area contributed by atoms with Crippen molar-refractivity contribution < 1.29 is 14.3 Å². The number of ether oxygens (including phenoxy) is 2. The summed E-state index contributed by atoms with van der Waals surface area (Å²) in [5.41, 5.74) is 8.68. The Hall–Kier alpha value is -4.90. The van der Waals surface area contributed by atoms with Crippen LogP contribution >= 0.6 is 0 Å². The highest BCUT2D eigenvalue weighted by Gasteiger charge is 2.21. The summed E-state index contributed by atoms with van der Waals surface area (Å²) in [5.74, 6) is 0.358. The van der Waals surface area contributed by atoms with E-state index in [1.165, 1.54) is 7.11 Å². The van der Waals surface area contributed by atoms with E-state index in [2.05, 4.69) is 47.0 Å². The van der Waals surface area contributed by atoms with Gasteiger partial charge in [0, 0.05) is 23.2 Å². The molecule has 0 spiro atoms. The maximum absolute atomic E-state index is 12.4. The molecule has 0 aliphatic carbocycles. The lowest BCUT2D eigenvalue weighted by atomic mass is 9.93. The molecule has 6 rings (SSSR count). The van der Waals surface area contributed by atoms with Crippen LogP contribution in [0.25, 0.3) is 28.1 Å². The molecule has 1 aromatic heterocycles. The van der Waals surface area contributed by atoms with Gasteiger partial charge in [0.25, 0.3) is 0 Å². The third-order valence-corrected chi connectivity index (χ3v) is 6.81. The second kappa shape index (κ2) is 10.2. The fourth-order valence-electron chi connectivity index (χ4n) is 4.96. The van der Waals surface area contributed by atoms with Crippen molar-refractivity contribution in [3.63, 3.8) is 0 Å². The van der Waals surface area contributed by atoms with Crippen LogP contribution in [0.5, 0.6) is 5.75 Å². The Balaban J connectivity index is 1.50. The minimum atomic E-state index is -0.377. The van der Waals surface area contributed by atoms with E-state index in [0.29, 0.717) is 18.7 Å². The van der Waals surface area contributed by atoms with Gasteiger partial charge in [0.05, 0.1) is 30.4 Å². The average molecular weight is 499 g/mol. The Kier molecular flexibility index (Phi) is 6.32. The molecule has 5 nitrogen and oxygen atoms in total. The van der Waals surface area contributed by atoms with E-state index in [1.807, 2.05) is 67.0 Å². The summed E-state index contributed by atoms with van der Waals surface area (Å²) in [5, 5.41) is 0. The van der Waals surface area contributed by atoms with Gasteiger partial charge in [-0.3, -0.25) is 0 Å². The van der Waals surface area contributed by atoms with Crippen molar-refractivity contribution in [1.82, 2.24) is 9.55 Å². The summed E-state index contributed by atoms with van der Waals surface area (Å²) in [7, 11) is 1.39. The molecule has 0 bridgehead atoms. The zero-order valence-corrected chi connectivity index (χ0v) is 21.0. The number of aromatic nitrogens is 2. The van der Waals surface area contributed by atoms with Gasteiger partial charge in [-0.2, -0.15) is 0 Å². The number of imidazole rings is 1. The maximum Gasteiger partial charge on any atom is 0.337 e. The second-order valence-electron chi connectivity index (χ2n) is 9.09. The SMILES string of the molecule is COC(=O)c1ccc2c(c1)/C(=C/Cn1cnc(-c3ccccc3)c1-c1ccccc1)c1ccccc1CO2. The number of hydrogen-bond acceptors (Lipinski definition) is 4. The Morgan fingerprint density at radius 3 is 2.37 bits per heavy atom. The number of nitrogens with zero attached hydrogens (tertiary/aromatic N) is 2. The van der Waals surface area contributed by atoms with Crippen molar-refractivity contribution in [3.8, 4) is 28.3 Å². The van der Waals surface area contributed by atoms with Gasteiger partial charge in [-0.25, -0.2) is 9.78 Å². The highest BCUT2D eigenvalue weighted by molar-refractivity contribution is 5.93.